The fraction of sp³-hybridized carbons (Fsp3) is 0.533. The van der Waals surface area contributed by atoms with E-state index in [2.05, 4.69) is 17.1 Å². The molecule has 1 fully saturated rings. The maximum absolute atomic E-state index is 10.5. The largest absolute Gasteiger partial charge is 0.494 e. The minimum atomic E-state index is 0.517. The zero-order valence-corrected chi connectivity index (χ0v) is 11.5. The van der Waals surface area contributed by atoms with E-state index in [0.29, 0.717) is 18.2 Å². The molecule has 4 nitrogen and oxygen atoms in total. The van der Waals surface area contributed by atoms with Crippen molar-refractivity contribution in [2.45, 2.75) is 19.4 Å². The highest BCUT2D eigenvalue weighted by Crippen LogP contribution is 2.12. The summed E-state index contributed by atoms with van der Waals surface area (Å²) in [7, 11) is 0. The van der Waals surface area contributed by atoms with E-state index < -0.39 is 0 Å². The number of rotatable bonds is 6. The lowest BCUT2D eigenvalue weighted by atomic mass is 10.1. The predicted octanol–water partition coefficient (Wildman–Crippen LogP) is 1.56. The third-order valence-electron chi connectivity index (χ3n) is 3.54. The van der Waals surface area contributed by atoms with Gasteiger partial charge in [0.1, 0.15) is 12.0 Å². The number of hydrogen-bond donors (Lipinski definition) is 1. The molecule has 19 heavy (non-hydrogen) atoms. The zero-order chi connectivity index (χ0) is 13.5. The molecule has 1 atom stereocenters. The van der Waals surface area contributed by atoms with Gasteiger partial charge in [0.05, 0.1) is 6.61 Å². The van der Waals surface area contributed by atoms with E-state index in [1.165, 1.54) is 0 Å². The van der Waals surface area contributed by atoms with E-state index in [1.54, 1.807) is 12.1 Å². The molecule has 0 saturated carbocycles. The van der Waals surface area contributed by atoms with Gasteiger partial charge < -0.3 is 15.0 Å². The Labute approximate surface area is 114 Å². The summed E-state index contributed by atoms with van der Waals surface area (Å²) in [5.74, 6) is 0.828. The molecule has 4 heteroatoms. The Morgan fingerprint density at radius 1 is 1.42 bits per heavy atom. The summed E-state index contributed by atoms with van der Waals surface area (Å²) in [4.78, 5) is 13.0. The highest BCUT2D eigenvalue weighted by atomic mass is 16.5. The van der Waals surface area contributed by atoms with Crippen LogP contribution >= 0.6 is 0 Å². The summed E-state index contributed by atoms with van der Waals surface area (Å²) in [6.07, 6.45) is 1.85. The monoisotopic (exact) mass is 262 g/mol. The second kappa shape index (κ2) is 7.26. The topological polar surface area (TPSA) is 41.6 Å². The first-order chi connectivity index (χ1) is 9.31. The van der Waals surface area contributed by atoms with E-state index in [0.717, 1.165) is 44.6 Å². The van der Waals surface area contributed by atoms with E-state index in [1.807, 2.05) is 12.1 Å². The number of ether oxygens (including phenoxy) is 1. The number of likely N-dealkylation sites (N-methyl/N-ethyl adjacent to an activating group) is 1. The van der Waals surface area contributed by atoms with Gasteiger partial charge in [-0.3, -0.25) is 4.79 Å². The van der Waals surface area contributed by atoms with Crippen molar-refractivity contribution in [1.82, 2.24) is 10.2 Å². The smallest absolute Gasteiger partial charge is 0.150 e. The van der Waals surface area contributed by atoms with E-state index in [9.17, 15) is 4.79 Å². The van der Waals surface area contributed by atoms with Gasteiger partial charge in [-0.15, -0.1) is 0 Å². The Bertz CT molecular complexity index is 392. The zero-order valence-electron chi connectivity index (χ0n) is 11.5. The van der Waals surface area contributed by atoms with Gasteiger partial charge in [0.25, 0.3) is 0 Å². The minimum Gasteiger partial charge on any atom is -0.494 e. The Morgan fingerprint density at radius 2 is 2.21 bits per heavy atom. The maximum Gasteiger partial charge on any atom is 0.150 e. The third-order valence-corrected chi connectivity index (χ3v) is 3.54. The molecule has 1 unspecified atom stereocenters. The SMILES string of the molecule is CCN1CCNC(CCOc2ccc(C=O)cc2)C1. The lowest BCUT2D eigenvalue weighted by Gasteiger charge is -2.32. The van der Waals surface area contributed by atoms with Crippen molar-refractivity contribution in [2.24, 2.45) is 0 Å². The summed E-state index contributed by atoms with van der Waals surface area (Å²) < 4.78 is 5.70. The molecular formula is C15H22N2O2. The molecule has 2 rings (SSSR count). The van der Waals surface area contributed by atoms with Crippen LogP contribution in [0.3, 0.4) is 0 Å². The molecule has 1 N–H and O–H groups in total. The lowest BCUT2D eigenvalue weighted by molar-refractivity contribution is 0.112. The molecule has 104 valence electrons. The molecule has 0 bridgehead atoms. The van der Waals surface area contributed by atoms with E-state index in [-0.39, 0.29) is 0 Å². The second-order valence-corrected chi connectivity index (χ2v) is 4.87. The van der Waals surface area contributed by atoms with Gasteiger partial charge in [-0.2, -0.15) is 0 Å². The molecule has 1 aliphatic rings. The Kier molecular flexibility index (Phi) is 5.36. The predicted molar refractivity (Wildman–Crippen MR) is 75.8 cm³/mol. The van der Waals surface area contributed by atoms with Crippen LogP contribution in [0.15, 0.2) is 24.3 Å². The summed E-state index contributed by atoms with van der Waals surface area (Å²) >= 11 is 0. The highest BCUT2D eigenvalue weighted by molar-refractivity contribution is 5.74. The standard InChI is InChI=1S/C15H22N2O2/c1-2-17-9-8-16-14(11-17)7-10-19-15-5-3-13(12-18)4-6-15/h3-6,12,14,16H,2,7-11H2,1H3. The van der Waals surface area contributed by atoms with Gasteiger partial charge in [0.15, 0.2) is 0 Å². The molecule has 0 aliphatic carbocycles. The number of benzene rings is 1. The van der Waals surface area contributed by atoms with Crippen molar-refractivity contribution in [3.63, 3.8) is 0 Å². The molecule has 1 aliphatic heterocycles. The Morgan fingerprint density at radius 3 is 2.89 bits per heavy atom. The normalized spacial score (nSPS) is 20.2. The van der Waals surface area contributed by atoms with Crippen molar-refractivity contribution >= 4 is 6.29 Å². The molecular weight excluding hydrogens is 240 g/mol. The van der Waals surface area contributed by atoms with Crippen LogP contribution in [0.2, 0.25) is 0 Å². The van der Waals surface area contributed by atoms with Crippen molar-refractivity contribution in [3.8, 4) is 5.75 Å². The number of carbonyl (C=O) groups is 1. The average molecular weight is 262 g/mol. The number of nitrogens with zero attached hydrogens (tertiary/aromatic N) is 1. The van der Waals surface area contributed by atoms with Crippen LogP contribution < -0.4 is 10.1 Å². The number of nitrogens with one attached hydrogen (secondary N) is 1. The van der Waals surface area contributed by atoms with Crippen molar-refractivity contribution in [3.05, 3.63) is 29.8 Å². The summed E-state index contributed by atoms with van der Waals surface area (Å²) in [6.45, 7) is 7.33. The van der Waals surface area contributed by atoms with Crippen LogP contribution in [0, 0.1) is 0 Å². The van der Waals surface area contributed by atoms with Crippen LogP contribution in [0.4, 0.5) is 0 Å². The fourth-order valence-corrected chi connectivity index (χ4v) is 2.34. The van der Waals surface area contributed by atoms with Crippen LogP contribution in [0.5, 0.6) is 5.75 Å². The number of carbonyl (C=O) groups excluding carboxylic acids is 1. The van der Waals surface area contributed by atoms with Crippen LogP contribution in [0.1, 0.15) is 23.7 Å². The molecule has 1 saturated heterocycles. The molecule has 1 aromatic carbocycles. The molecule has 1 aromatic rings. The van der Waals surface area contributed by atoms with Crippen molar-refractivity contribution in [1.29, 1.82) is 0 Å². The van der Waals surface area contributed by atoms with E-state index in [4.69, 9.17) is 4.74 Å². The van der Waals surface area contributed by atoms with Crippen LogP contribution in [0.25, 0.3) is 0 Å². The fourth-order valence-electron chi connectivity index (χ4n) is 2.34. The maximum atomic E-state index is 10.5. The number of piperazine rings is 1. The van der Waals surface area contributed by atoms with Gasteiger partial charge in [-0.05, 0) is 37.2 Å². The summed E-state index contributed by atoms with van der Waals surface area (Å²) in [6, 6.07) is 7.76. The highest BCUT2D eigenvalue weighted by Gasteiger charge is 2.17. The van der Waals surface area contributed by atoms with Crippen molar-refractivity contribution in [2.75, 3.05) is 32.8 Å². The first-order valence-corrected chi connectivity index (χ1v) is 6.95. The molecule has 1 heterocycles. The average Bonchev–Trinajstić information content (AvgIpc) is 2.48. The van der Waals surface area contributed by atoms with Crippen LogP contribution in [-0.4, -0.2) is 50.0 Å². The Balaban J connectivity index is 1.71. The molecule has 0 spiro atoms. The van der Waals surface area contributed by atoms with Crippen LogP contribution in [-0.2, 0) is 0 Å². The summed E-state index contributed by atoms with van der Waals surface area (Å²) in [5, 5.41) is 3.52. The first kappa shape index (κ1) is 14.0. The van der Waals surface area contributed by atoms with Gasteiger partial charge in [0.2, 0.25) is 0 Å². The third kappa shape index (κ3) is 4.33. The summed E-state index contributed by atoms with van der Waals surface area (Å²) in [5.41, 5.74) is 0.680. The molecule has 0 aromatic heterocycles. The number of hydrogen-bond acceptors (Lipinski definition) is 4. The lowest BCUT2D eigenvalue weighted by Crippen LogP contribution is -2.50. The first-order valence-electron chi connectivity index (χ1n) is 6.95. The molecule has 0 radical (unpaired) electrons. The van der Waals surface area contributed by atoms with Crippen molar-refractivity contribution < 1.29 is 9.53 Å². The van der Waals surface area contributed by atoms with Gasteiger partial charge >= 0.3 is 0 Å². The molecule has 0 amide bonds. The van der Waals surface area contributed by atoms with Gasteiger partial charge in [0, 0.05) is 31.2 Å². The quantitative estimate of drug-likeness (QED) is 0.790. The van der Waals surface area contributed by atoms with E-state index >= 15 is 0 Å². The van der Waals surface area contributed by atoms with Gasteiger partial charge in [-0.1, -0.05) is 6.92 Å². The Hall–Kier alpha value is -1.39. The van der Waals surface area contributed by atoms with Gasteiger partial charge in [-0.25, -0.2) is 0 Å². The number of aldehydes is 1. The minimum absolute atomic E-state index is 0.517. The second-order valence-electron chi connectivity index (χ2n) is 4.87.